The molecule has 0 saturated carbocycles. The second-order valence-electron chi connectivity index (χ2n) is 5.76. The zero-order valence-electron chi connectivity index (χ0n) is 13.5. The molecule has 0 spiro atoms. The molecule has 22 heavy (non-hydrogen) atoms. The first-order valence-electron chi connectivity index (χ1n) is 7.71. The van der Waals surface area contributed by atoms with Gasteiger partial charge in [0.25, 0.3) is 0 Å². The number of hydrogen-bond donors (Lipinski definition) is 3. The van der Waals surface area contributed by atoms with Crippen molar-refractivity contribution in [2.45, 2.75) is 26.4 Å². The smallest absolute Gasteiger partial charge is 0.191 e. The second kappa shape index (κ2) is 8.15. The Labute approximate surface area is 136 Å². The molecule has 2 aromatic rings. The van der Waals surface area contributed by atoms with Crippen LogP contribution in [0.2, 0.25) is 0 Å². The third-order valence-electron chi connectivity index (χ3n) is 3.47. The highest BCUT2D eigenvalue weighted by Crippen LogP contribution is 2.29. The molecular weight excluding hydrogens is 294 g/mol. The predicted molar refractivity (Wildman–Crippen MR) is 95.6 cm³/mol. The molecule has 0 aliphatic carbocycles. The highest BCUT2D eigenvalue weighted by Gasteiger charge is 2.12. The van der Waals surface area contributed by atoms with Gasteiger partial charge in [-0.3, -0.25) is 4.99 Å². The van der Waals surface area contributed by atoms with E-state index in [1.165, 1.54) is 10.1 Å². The lowest BCUT2D eigenvalue weighted by atomic mass is 10.1. The number of hydrogen-bond acceptors (Lipinski definition) is 3. The van der Waals surface area contributed by atoms with Gasteiger partial charge in [-0.1, -0.05) is 32.0 Å². The van der Waals surface area contributed by atoms with Crippen molar-refractivity contribution in [3.05, 3.63) is 35.2 Å². The molecule has 2 rings (SSSR count). The number of rotatable bonds is 6. The lowest BCUT2D eigenvalue weighted by molar-refractivity contribution is 0.184. The fourth-order valence-corrected chi connectivity index (χ4v) is 3.21. The number of aliphatic hydroxyl groups is 1. The number of aliphatic hydroxyl groups excluding tert-OH is 1. The average molecular weight is 319 g/mol. The van der Waals surface area contributed by atoms with Crippen molar-refractivity contribution < 1.29 is 5.11 Å². The van der Waals surface area contributed by atoms with Crippen molar-refractivity contribution in [3.63, 3.8) is 0 Å². The van der Waals surface area contributed by atoms with Crippen LogP contribution in [0.15, 0.2) is 35.3 Å². The normalized spacial score (nSPS) is 13.6. The summed E-state index contributed by atoms with van der Waals surface area (Å²) in [5.74, 6) is 1.40. The van der Waals surface area contributed by atoms with Crippen LogP contribution in [0.4, 0.5) is 0 Å². The zero-order valence-corrected chi connectivity index (χ0v) is 14.3. The van der Waals surface area contributed by atoms with E-state index in [0.29, 0.717) is 12.5 Å². The summed E-state index contributed by atoms with van der Waals surface area (Å²) in [5, 5.41) is 18.0. The number of aliphatic imine (C=N–C) groups is 1. The molecule has 0 fully saturated rings. The standard InChI is InChI=1S/C17H25N3OS/c1-12(2)8-9-19-17(18-3)20-11-14(21)16-10-13-6-4-5-7-15(13)22-16/h4-7,10,12,14,21H,8-9,11H2,1-3H3,(H2,18,19,20). The largest absolute Gasteiger partial charge is 0.386 e. The molecule has 4 nitrogen and oxygen atoms in total. The molecule has 1 heterocycles. The number of thiophene rings is 1. The molecule has 1 unspecified atom stereocenters. The summed E-state index contributed by atoms with van der Waals surface area (Å²) in [4.78, 5) is 5.16. The first-order valence-corrected chi connectivity index (χ1v) is 8.53. The second-order valence-corrected chi connectivity index (χ2v) is 6.88. The molecule has 120 valence electrons. The minimum absolute atomic E-state index is 0.453. The van der Waals surface area contributed by atoms with E-state index in [9.17, 15) is 5.11 Å². The van der Waals surface area contributed by atoms with E-state index in [0.717, 1.165) is 23.8 Å². The van der Waals surface area contributed by atoms with Crippen LogP contribution in [0.3, 0.4) is 0 Å². The summed E-state index contributed by atoms with van der Waals surface area (Å²) in [7, 11) is 1.75. The Morgan fingerprint density at radius 3 is 2.73 bits per heavy atom. The van der Waals surface area contributed by atoms with E-state index in [4.69, 9.17) is 0 Å². The first kappa shape index (κ1) is 16.8. The molecule has 1 aromatic heterocycles. The molecule has 1 atom stereocenters. The average Bonchev–Trinajstić information content (AvgIpc) is 2.94. The number of fused-ring (bicyclic) bond motifs is 1. The van der Waals surface area contributed by atoms with Gasteiger partial charge < -0.3 is 15.7 Å². The molecule has 0 aliphatic rings. The third kappa shape index (κ3) is 4.71. The Morgan fingerprint density at radius 1 is 1.27 bits per heavy atom. The quantitative estimate of drug-likeness (QED) is 0.566. The summed E-state index contributed by atoms with van der Waals surface area (Å²) >= 11 is 1.64. The van der Waals surface area contributed by atoms with Crippen LogP contribution in [0, 0.1) is 5.92 Å². The van der Waals surface area contributed by atoms with E-state index in [2.05, 4.69) is 47.7 Å². The number of benzene rings is 1. The Morgan fingerprint density at radius 2 is 2.05 bits per heavy atom. The van der Waals surface area contributed by atoms with Gasteiger partial charge in [-0.15, -0.1) is 11.3 Å². The van der Waals surface area contributed by atoms with Crippen molar-refractivity contribution >= 4 is 27.4 Å². The van der Waals surface area contributed by atoms with E-state index in [1.54, 1.807) is 18.4 Å². The molecular formula is C17H25N3OS. The van der Waals surface area contributed by atoms with Crippen molar-refractivity contribution in [1.82, 2.24) is 10.6 Å². The summed E-state index contributed by atoms with van der Waals surface area (Å²) in [6, 6.07) is 10.2. The van der Waals surface area contributed by atoms with E-state index >= 15 is 0 Å². The SMILES string of the molecule is CN=C(NCCC(C)C)NCC(O)c1cc2ccccc2s1. The molecule has 1 aromatic carbocycles. The molecule has 0 saturated heterocycles. The van der Waals surface area contributed by atoms with Gasteiger partial charge in [-0.25, -0.2) is 0 Å². The molecule has 0 radical (unpaired) electrons. The summed E-state index contributed by atoms with van der Waals surface area (Å²) in [6.45, 7) is 5.73. The Kier molecular flexibility index (Phi) is 6.21. The van der Waals surface area contributed by atoms with Gasteiger partial charge in [-0.2, -0.15) is 0 Å². The first-order chi connectivity index (χ1) is 10.6. The fraction of sp³-hybridized carbons (Fsp3) is 0.471. The van der Waals surface area contributed by atoms with Gasteiger partial charge in [0, 0.05) is 29.7 Å². The maximum Gasteiger partial charge on any atom is 0.191 e. The van der Waals surface area contributed by atoms with Crippen LogP contribution >= 0.6 is 11.3 Å². The molecule has 0 bridgehead atoms. The Hall–Kier alpha value is -1.59. The highest BCUT2D eigenvalue weighted by atomic mass is 32.1. The van der Waals surface area contributed by atoms with Gasteiger partial charge in [-0.05, 0) is 29.9 Å². The highest BCUT2D eigenvalue weighted by molar-refractivity contribution is 7.19. The van der Waals surface area contributed by atoms with Crippen molar-refractivity contribution in [2.75, 3.05) is 20.1 Å². The van der Waals surface area contributed by atoms with Crippen LogP contribution in [0.1, 0.15) is 31.2 Å². The van der Waals surface area contributed by atoms with Gasteiger partial charge in [0.1, 0.15) is 6.10 Å². The van der Waals surface area contributed by atoms with Crippen LogP contribution in [-0.2, 0) is 0 Å². The van der Waals surface area contributed by atoms with Crippen molar-refractivity contribution in [2.24, 2.45) is 10.9 Å². The lowest BCUT2D eigenvalue weighted by Gasteiger charge is -2.15. The van der Waals surface area contributed by atoms with Crippen LogP contribution in [-0.4, -0.2) is 31.2 Å². The minimum Gasteiger partial charge on any atom is -0.386 e. The van der Waals surface area contributed by atoms with Crippen LogP contribution < -0.4 is 10.6 Å². The van der Waals surface area contributed by atoms with E-state index < -0.39 is 6.10 Å². The zero-order chi connectivity index (χ0) is 15.9. The van der Waals surface area contributed by atoms with Gasteiger partial charge in [0.05, 0.1) is 0 Å². The van der Waals surface area contributed by atoms with E-state index in [-0.39, 0.29) is 0 Å². The topological polar surface area (TPSA) is 56.7 Å². The number of nitrogens with zero attached hydrogens (tertiary/aromatic N) is 1. The third-order valence-corrected chi connectivity index (χ3v) is 4.69. The number of guanidine groups is 1. The van der Waals surface area contributed by atoms with Crippen LogP contribution in [0.5, 0.6) is 0 Å². The molecule has 3 N–H and O–H groups in total. The molecule has 0 aliphatic heterocycles. The maximum absolute atomic E-state index is 10.3. The summed E-state index contributed by atoms with van der Waals surface area (Å²) in [5.41, 5.74) is 0. The Bertz CT molecular complexity index is 588. The van der Waals surface area contributed by atoms with Gasteiger partial charge in [0.15, 0.2) is 5.96 Å². The minimum atomic E-state index is -0.527. The molecule has 5 heteroatoms. The number of nitrogens with one attached hydrogen (secondary N) is 2. The van der Waals surface area contributed by atoms with Gasteiger partial charge in [0.2, 0.25) is 0 Å². The fourth-order valence-electron chi connectivity index (χ4n) is 2.16. The van der Waals surface area contributed by atoms with Crippen molar-refractivity contribution in [3.8, 4) is 0 Å². The Balaban J connectivity index is 1.86. The summed E-state index contributed by atoms with van der Waals surface area (Å²) in [6.07, 6.45) is 0.570. The summed E-state index contributed by atoms with van der Waals surface area (Å²) < 4.78 is 1.20. The van der Waals surface area contributed by atoms with E-state index in [1.807, 2.05) is 12.1 Å². The monoisotopic (exact) mass is 319 g/mol. The maximum atomic E-state index is 10.3. The van der Waals surface area contributed by atoms with Crippen molar-refractivity contribution in [1.29, 1.82) is 0 Å². The molecule has 0 amide bonds. The van der Waals surface area contributed by atoms with Crippen LogP contribution in [0.25, 0.3) is 10.1 Å². The lowest BCUT2D eigenvalue weighted by Crippen LogP contribution is -2.39. The van der Waals surface area contributed by atoms with Gasteiger partial charge >= 0.3 is 0 Å². The predicted octanol–water partition coefficient (Wildman–Crippen LogP) is 3.15.